The summed E-state index contributed by atoms with van der Waals surface area (Å²) in [6.45, 7) is 5.51. The van der Waals surface area contributed by atoms with E-state index in [-0.39, 0.29) is 11.3 Å². The number of ketones is 1. The molecule has 1 aromatic heterocycles. The zero-order valence-electron chi connectivity index (χ0n) is 19.1. The van der Waals surface area contributed by atoms with Crippen LogP contribution in [-0.4, -0.2) is 31.0 Å². The van der Waals surface area contributed by atoms with Crippen molar-refractivity contribution in [1.29, 1.82) is 0 Å². The fraction of sp³-hybridized carbons (Fsp3) is 0.231. The molecule has 0 aliphatic carbocycles. The molecule has 7 heteroatoms. The molecule has 1 unspecified atom stereocenters. The Morgan fingerprint density at radius 1 is 0.970 bits per heavy atom. The summed E-state index contributed by atoms with van der Waals surface area (Å²) in [5.41, 5.74) is 2.44. The molecular weight excluding hydrogens is 422 g/mol. The van der Waals surface area contributed by atoms with Crippen LogP contribution in [0.15, 0.2) is 58.5 Å². The van der Waals surface area contributed by atoms with E-state index in [2.05, 4.69) is 0 Å². The van der Waals surface area contributed by atoms with E-state index in [1.807, 2.05) is 19.9 Å². The number of anilines is 1. The number of nitrogens with zero attached hydrogens (tertiary/aromatic N) is 1. The first-order chi connectivity index (χ1) is 15.8. The Kier molecular flexibility index (Phi) is 5.72. The first-order valence-corrected chi connectivity index (χ1v) is 10.4. The first kappa shape index (κ1) is 22.2. The number of carbonyl (C=O) groups excluding carboxylic acids is 2. The number of hydrogen-bond donors (Lipinski definition) is 1. The quantitative estimate of drug-likeness (QED) is 0.342. The van der Waals surface area contributed by atoms with Crippen molar-refractivity contribution in [2.24, 2.45) is 0 Å². The van der Waals surface area contributed by atoms with Crippen LogP contribution in [0, 0.1) is 20.8 Å². The second-order valence-corrected chi connectivity index (χ2v) is 7.98. The van der Waals surface area contributed by atoms with Gasteiger partial charge in [-0.2, -0.15) is 0 Å². The van der Waals surface area contributed by atoms with Crippen molar-refractivity contribution < 1.29 is 28.6 Å². The molecule has 3 aromatic rings. The Morgan fingerprint density at radius 3 is 2.24 bits per heavy atom. The second kappa shape index (κ2) is 8.50. The van der Waals surface area contributed by atoms with Gasteiger partial charge in [-0.1, -0.05) is 6.07 Å². The van der Waals surface area contributed by atoms with Gasteiger partial charge in [0.15, 0.2) is 0 Å². The molecule has 33 heavy (non-hydrogen) atoms. The second-order valence-electron chi connectivity index (χ2n) is 7.98. The van der Waals surface area contributed by atoms with Gasteiger partial charge in [-0.05, 0) is 74.4 Å². The number of amides is 1. The van der Waals surface area contributed by atoms with E-state index in [1.165, 1.54) is 12.0 Å². The Balaban J connectivity index is 1.97. The maximum Gasteiger partial charge on any atom is 0.300 e. The van der Waals surface area contributed by atoms with E-state index in [9.17, 15) is 14.7 Å². The number of furan rings is 1. The van der Waals surface area contributed by atoms with E-state index in [4.69, 9.17) is 13.9 Å². The number of hydrogen-bond acceptors (Lipinski definition) is 6. The molecule has 7 nitrogen and oxygen atoms in total. The fourth-order valence-corrected chi connectivity index (χ4v) is 4.26. The van der Waals surface area contributed by atoms with Gasteiger partial charge in [0.1, 0.15) is 34.8 Å². The highest BCUT2D eigenvalue weighted by Crippen LogP contribution is 2.44. The summed E-state index contributed by atoms with van der Waals surface area (Å²) < 4.78 is 16.6. The van der Waals surface area contributed by atoms with Crippen molar-refractivity contribution >= 4 is 23.1 Å². The van der Waals surface area contributed by atoms with Gasteiger partial charge < -0.3 is 19.0 Å². The third-order valence-electron chi connectivity index (χ3n) is 5.70. The SMILES string of the molecule is COc1ccc(N2C(=O)C(=O)/C(=C(/O)c3cc(C)cc(C)c3OC)C2c2ccc(C)o2)cc1. The zero-order valence-corrected chi connectivity index (χ0v) is 19.1. The molecule has 0 radical (unpaired) electrons. The molecule has 1 N–H and O–H groups in total. The summed E-state index contributed by atoms with van der Waals surface area (Å²) in [4.78, 5) is 27.8. The molecule has 0 spiro atoms. The molecular formula is C26H25NO6. The van der Waals surface area contributed by atoms with Gasteiger partial charge >= 0.3 is 0 Å². The lowest BCUT2D eigenvalue weighted by Crippen LogP contribution is -2.29. The van der Waals surface area contributed by atoms with Gasteiger partial charge in [0, 0.05) is 5.69 Å². The number of ether oxygens (including phenoxy) is 2. The fourth-order valence-electron chi connectivity index (χ4n) is 4.26. The molecule has 1 amide bonds. The number of aryl methyl sites for hydroxylation is 3. The van der Waals surface area contributed by atoms with Crippen LogP contribution >= 0.6 is 0 Å². The summed E-state index contributed by atoms with van der Waals surface area (Å²) in [7, 11) is 3.04. The molecule has 4 rings (SSSR count). The molecule has 0 saturated carbocycles. The third kappa shape index (κ3) is 3.75. The maximum atomic E-state index is 13.3. The molecule has 0 bridgehead atoms. The topological polar surface area (TPSA) is 89.2 Å². The molecule has 1 fully saturated rings. The van der Waals surface area contributed by atoms with Gasteiger partial charge in [0.2, 0.25) is 0 Å². The molecule has 1 aliphatic rings. The predicted octanol–water partition coefficient (Wildman–Crippen LogP) is 4.85. The van der Waals surface area contributed by atoms with Crippen molar-refractivity contribution in [3.05, 3.63) is 82.3 Å². The molecule has 1 atom stereocenters. The Hall–Kier alpha value is -4.00. The summed E-state index contributed by atoms with van der Waals surface area (Å²) in [5, 5.41) is 11.4. The first-order valence-electron chi connectivity index (χ1n) is 10.4. The number of methoxy groups -OCH3 is 2. The lowest BCUT2D eigenvalue weighted by Gasteiger charge is -2.24. The van der Waals surface area contributed by atoms with Crippen molar-refractivity contribution in [2.75, 3.05) is 19.1 Å². The maximum absolute atomic E-state index is 13.3. The van der Waals surface area contributed by atoms with Crippen LogP contribution in [0.5, 0.6) is 11.5 Å². The smallest absolute Gasteiger partial charge is 0.300 e. The van der Waals surface area contributed by atoms with E-state index >= 15 is 0 Å². The molecule has 1 aliphatic heterocycles. The number of aliphatic hydroxyl groups excluding tert-OH is 1. The lowest BCUT2D eigenvalue weighted by atomic mass is 9.96. The van der Waals surface area contributed by atoms with E-state index in [0.29, 0.717) is 34.3 Å². The zero-order chi connectivity index (χ0) is 23.9. The highest BCUT2D eigenvalue weighted by molar-refractivity contribution is 6.51. The summed E-state index contributed by atoms with van der Waals surface area (Å²) >= 11 is 0. The normalized spacial score (nSPS) is 17.5. The van der Waals surface area contributed by atoms with Gasteiger partial charge in [-0.15, -0.1) is 0 Å². The Labute approximate surface area is 191 Å². The van der Waals surface area contributed by atoms with Crippen LogP contribution in [0.1, 0.15) is 34.3 Å². The molecule has 170 valence electrons. The standard InChI is InChI=1S/C26H25NO6/c1-14-12-15(2)25(32-5)19(13-14)23(28)21-22(20-11-6-16(3)33-20)27(26(30)24(21)29)17-7-9-18(31-4)10-8-17/h6-13,22,28H,1-5H3/b23-21+. The van der Waals surface area contributed by atoms with Gasteiger partial charge in [0.05, 0.1) is 25.4 Å². The molecule has 2 aromatic carbocycles. The Morgan fingerprint density at radius 2 is 1.67 bits per heavy atom. The van der Waals surface area contributed by atoms with Crippen molar-refractivity contribution in [3.63, 3.8) is 0 Å². The van der Waals surface area contributed by atoms with E-state index in [1.54, 1.807) is 56.5 Å². The van der Waals surface area contributed by atoms with E-state index < -0.39 is 17.7 Å². The minimum absolute atomic E-state index is 0.0616. The minimum atomic E-state index is -0.947. The van der Waals surface area contributed by atoms with Crippen LogP contribution in [-0.2, 0) is 9.59 Å². The van der Waals surface area contributed by atoms with Crippen molar-refractivity contribution in [3.8, 4) is 11.5 Å². The van der Waals surface area contributed by atoms with Gasteiger partial charge in [-0.25, -0.2) is 0 Å². The average Bonchev–Trinajstić information content (AvgIpc) is 3.33. The highest BCUT2D eigenvalue weighted by atomic mass is 16.5. The summed E-state index contributed by atoms with van der Waals surface area (Å²) in [6, 6.07) is 12.9. The number of Topliss-reactive ketones (excluding diaryl/α,β-unsaturated/α-hetero) is 1. The molecule has 1 saturated heterocycles. The van der Waals surface area contributed by atoms with Crippen LogP contribution in [0.4, 0.5) is 5.69 Å². The minimum Gasteiger partial charge on any atom is -0.507 e. The van der Waals surface area contributed by atoms with Crippen molar-refractivity contribution in [2.45, 2.75) is 26.8 Å². The van der Waals surface area contributed by atoms with E-state index in [0.717, 1.165) is 11.1 Å². The number of aliphatic hydroxyl groups is 1. The largest absolute Gasteiger partial charge is 0.507 e. The monoisotopic (exact) mass is 447 g/mol. The van der Waals surface area contributed by atoms with Gasteiger partial charge in [-0.3, -0.25) is 14.5 Å². The number of carbonyl (C=O) groups is 2. The highest BCUT2D eigenvalue weighted by Gasteiger charge is 2.48. The number of rotatable bonds is 5. The Bertz CT molecular complexity index is 1270. The average molecular weight is 447 g/mol. The lowest BCUT2D eigenvalue weighted by molar-refractivity contribution is -0.132. The number of benzene rings is 2. The molecule has 2 heterocycles. The van der Waals surface area contributed by atoms with Crippen LogP contribution < -0.4 is 14.4 Å². The predicted molar refractivity (Wildman–Crippen MR) is 124 cm³/mol. The van der Waals surface area contributed by atoms with Crippen LogP contribution in [0.25, 0.3) is 5.76 Å². The summed E-state index contributed by atoms with van der Waals surface area (Å²) in [5.74, 6) is 0.158. The summed E-state index contributed by atoms with van der Waals surface area (Å²) in [6.07, 6.45) is 0. The third-order valence-corrected chi connectivity index (χ3v) is 5.70. The van der Waals surface area contributed by atoms with Crippen LogP contribution in [0.3, 0.4) is 0 Å². The van der Waals surface area contributed by atoms with Crippen LogP contribution in [0.2, 0.25) is 0 Å². The van der Waals surface area contributed by atoms with Crippen molar-refractivity contribution in [1.82, 2.24) is 0 Å². The van der Waals surface area contributed by atoms with Gasteiger partial charge in [0.25, 0.3) is 11.7 Å².